The second kappa shape index (κ2) is 25.2. The van der Waals surface area contributed by atoms with E-state index >= 15 is 0 Å². The zero-order valence-corrected chi connectivity index (χ0v) is 32.2. The highest BCUT2D eigenvalue weighted by molar-refractivity contribution is 8.40. The quantitative estimate of drug-likeness (QED) is 0.0314. The number of nitrogens with one attached hydrogen (secondary N) is 4. The van der Waals surface area contributed by atoms with Crippen molar-refractivity contribution in [3.8, 4) is 17.6 Å². The number of benzene rings is 1. The molecule has 1 aliphatic heterocycles. The summed E-state index contributed by atoms with van der Waals surface area (Å²) in [4.78, 5) is 68.2. The lowest BCUT2D eigenvalue weighted by molar-refractivity contribution is -0.126. The van der Waals surface area contributed by atoms with E-state index in [0.29, 0.717) is 25.7 Å². The molecule has 22 nitrogen and oxygen atoms in total. The molecule has 1 aliphatic rings. The van der Waals surface area contributed by atoms with Crippen molar-refractivity contribution >= 4 is 42.1 Å². The number of H-pyrrole nitrogens is 1. The van der Waals surface area contributed by atoms with E-state index in [9.17, 15) is 28.5 Å². The third-order valence-corrected chi connectivity index (χ3v) is 11.6. The average molecular weight is 822 g/mol. The van der Waals surface area contributed by atoms with Gasteiger partial charge in [0.25, 0.3) is 11.5 Å². The summed E-state index contributed by atoms with van der Waals surface area (Å²) in [6, 6.07) is 6.29. The van der Waals surface area contributed by atoms with E-state index < -0.39 is 41.8 Å². The summed E-state index contributed by atoms with van der Waals surface area (Å²) < 4.78 is 40.1. The smallest absolute Gasteiger partial charge is 0.330 e. The van der Waals surface area contributed by atoms with Gasteiger partial charge in [-0.2, -0.15) is 0 Å². The number of azide groups is 2. The SMILES string of the molecule is CC(=O)NCCNC(=O)c1cccc(OCC(N=[N+]=[N-])OCCOCC(=O)NCC#Cc2cn([C@H]3CC(OCN=[N+]=[N-])[C@@H](CPPP=O)O3)c(=O)[nH]c2=O)c1. The number of hydrogen-bond acceptors (Lipinski definition) is 13. The maximum absolute atomic E-state index is 12.6. The van der Waals surface area contributed by atoms with Crippen molar-refractivity contribution in [2.45, 2.75) is 38.0 Å². The Kier molecular flexibility index (Phi) is 20.4. The molecule has 3 rings (SSSR count). The molecule has 1 aromatic carbocycles. The van der Waals surface area contributed by atoms with E-state index in [2.05, 4.69) is 52.8 Å². The van der Waals surface area contributed by atoms with Crippen molar-refractivity contribution in [2.24, 2.45) is 10.2 Å². The molecule has 0 radical (unpaired) electrons. The molecule has 1 fully saturated rings. The van der Waals surface area contributed by atoms with Crippen molar-refractivity contribution in [3.63, 3.8) is 0 Å². The van der Waals surface area contributed by atoms with Gasteiger partial charge in [0, 0.05) is 48.0 Å². The molecule has 1 aromatic heterocycles. The highest BCUT2D eigenvalue weighted by Crippen LogP contribution is 2.48. The van der Waals surface area contributed by atoms with Crippen molar-refractivity contribution in [1.29, 1.82) is 0 Å². The summed E-state index contributed by atoms with van der Waals surface area (Å²) >= 11 is 0. The summed E-state index contributed by atoms with van der Waals surface area (Å²) in [7, 11) is 0.546. The van der Waals surface area contributed by atoms with E-state index in [1.807, 2.05) is 0 Å². The Morgan fingerprint density at radius 3 is 2.76 bits per heavy atom. The number of nitrogens with zero attached hydrogens (tertiary/aromatic N) is 7. The van der Waals surface area contributed by atoms with Crippen LogP contribution in [0.15, 0.2) is 50.3 Å². The first-order chi connectivity index (χ1) is 26.6. The fourth-order valence-electron chi connectivity index (χ4n) is 4.68. The van der Waals surface area contributed by atoms with E-state index in [1.54, 1.807) is 18.2 Å². The normalized spacial score (nSPS) is 16.9. The Hall–Kier alpha value is -4.91. The first-order valence-corrected chi connectivity index (χ1v) is 21.2. The number of carbonyl (C=O) groups excluding carboxylic acids is 3. The third-order valence-electron chi connectivity index (χ3n) is 7.12. The first-order valence-electron chi connectivity index (χ1n) is 16.3. The largest absolute Gasteiger partial charge is 0.491 e. The van der Waals surface area contributed by atoms with Crippen molar-refractivity contribution in [3.05, 3.63) is 83.3 Å². The molecular formula is C30H38N11O11P3. The standard InChI is InChI=1S/C30H38N11O11P3/c1-19(42)33-8-9-35-28(44)20-4-2-6-22(12-20)50-16-26(38-40-32)49-11-10-48-15-25(43)34-7-3-5-21-14-41(30(46)37-29(21)45)27-13-23(51-18-36-39-31)24(52-27)17-53-55-54-47/h2,4,6,12,14,23-24,26-27,53,55H,7-11,13,15-18H2,1H3,(H,33,42)(H,34,43)(H,35,44)(H,37,45,46)/t23?,24-,26?,27-/m1/s1. The van der Waals surface area contributed by atoms with Gasteiger partial charge in [-0.25, -0.2) is 4.79 Å². The molecule has 0 aliphatic carbocycles. The van der Waals surface area contributed by atoms with E-state index in [-0.39, 0.29) is 92.7 Å². The summed E-state index contributed by atoms with van der Waals surface area (Å²) in [5.74, 6) is 4.50. The molecular weight excluding hydrogens is 783 g/mol. The maximum atomic E-state index is 12.6. The minimum atomic E-state index is -1.04. The van der Waals surface area contributed by atoms with Gasteiger partial charge in [-0.3, -0.25) is 33.3 Å². The maximum Gasteiger partial charge on any atom is 0.330 e. The zero-order valence-electron chi connectivity index (χ0n) is 29.3. The summed E-state index contributed by atoms with van der Waals surface area (Å²) in [5.41, 5.74) is 16.3. The number of amides is 3. The average Bonchev–Trinajstić information content (AvgIpc) is 3.56. The van der Waals surface area contributed by atoms with Gasteiger partial charge in [-0.15, -0.1) is 0 Å². The van der Waals surface area contributed by atoms with Gasteiger partial charge in [0.05, 0.1) is 32.0 Å². The van der Waals surface area contributed by atoms with Crippen LogP contribution in [0.25, 0.3) is 20.9 Å². The topological polar surface area (TPSA) is 303 Å². The fourth-order valence-corrected chi connectivity index (χ4v) is 7.87. The Balaban J connectivity index is 1.42. The predicted octanol–water partition coefficient (Wildman–Crippen LogP) is 2.04. The fraction of sp³-hybridized carbons (Fsp3) is 0.500. The number of aromatic nitrogens is 2. The van der Waals surface area contributed by atoms with Crippen LogP contribution in [-0.2, 0) is 33.1 Å². The van der Waals surface area contributed by atoms with Crippen molar-refractivity contribution < 1.29 is 42.6 Å². The second-order valence-electron chi connectivity index (χ2n) is 11.0. The molecule has 25 heteroatoms. The second-order valence-corrected chi connectivity index (χ2v) is 16.4. The van der Waals surface area contributed by atoms with Crippen LogP contribution in [0.2, 0.25) is 0 Å². The van der Waals surface area contributed by atoms with Gasteiger partial charge in [0.15, 0.2) is 14.4 Å². The number of aromatic amines is 1. The van der Waals surface area contributed by atoms with E-state index in [4.69, 9.17) is 34.7 Å². The molecule has 4 N–H and O–H groups in total. The molecule has 6 atom stereocenters. The lowest BCUT2D eigenvalue weighted by Crippen LogP contribution is -2.33. The van der Waals surface area contributed by atoms with Gasteiger partial charge >= 0.3 is 5.69 Å². The third kappa shape index (κ3) is 16.6. The van der Waals surface area contributed by atoms with Crippen LogP contribution < -0.4 is 31.9 Å². The van der Waals surface area contributed by atoms with Gasteiger partial charge in [-0.05, 0) is 43.4 Å². The van der Waals surface area contributed by atoms with E-state index in [1.165, 1.54) is 23.8 Å². The summed E-state index contributed by atoms with van der Waals surface area (Å²) in [6.07, 6.45) is -0.846. The Morgan fingerprint density at radius 2 is 2.00 bits per heavy atom. The highest BCUT2D eigenvalue weighted by Gasteiger charge is 2.37. The van der Waals surface area contributed by atoms with Gasteiger partial charge in [0.1, 0.15) is 37.5 Å². The molecule has 4 unspecified atom stereocenters. The molecule has 0 saturated carbocycles. The molecule has 1 saturated heterocycles. The molecule has 55 heavy (non-hydrogen) atoms. The predicted molar refractivity (Wildman–Crippen MR) is 200 cm³/mol. The van der Waals surface area contributed by atoms with Gasteiger partial charge < -0.3 is 39.6 Å². The molecule has 294 valence electrons. The summed E-state index contributed by atoms with van der Waals surface area (Å²) in [6.45, 7) is 0.893. The van der Waals surface area contributed by atoms with Crippen molar-refractivity contribution in [2.75, 3.05) is 59.0 Å². The lowest BCUT2D eigenvalue weighted by Gasteiger charge is -2.17. The minimum Gasteiger partial charge on any atom is -0.491 e. The Labute approximate surface area is 317 Å². The summed E-state index contributed by atoms with van der Waals surface area (Å²) in [5, 5.41) is 14.7. The van der Waals surface area contributed by atoms with Gasteiger partial charge in [-0.1, -0.05) is 36.4 Å². The lowest BCUT2D eigenvalue weighted by atomic mass is 10.2. The van der Waals surface area contributed by atoms with Crippen molar-refractivity contribution in [1.82, 2.24) is 25.5 Å². The van der Waals surface area contributed by atoms with Crippen LogP contribution in [-0.4, -0.2) is 105 Å². The number of rotatable bonds is 23. The number of ether oxygens (including phenoxy) is 5. The van der Waals surface area contributed by atoms with Crippen LogP contribution in [0, 0.1) is 11.8 Å². The molecule has 0 bridgehead atoms. The van der Waals surface area contributed by atoms with Crippen LogP contribution in [0.3, 0.4) is 0 Å². The molecule has 3 amide bonds. The van der Waals surface area contributed by atoms with Crippen LogP contribution in [0.4, 0.5) is 0 Å². The van der Waals surface area contributed by atoms with E-state index in [0.717, 1.165) is 0 Å². The number of carbonyl (C=O) groups is 3. The number of hydrogen-bond donors (Lipinski definition) is 4. The molecule has 2 aromatic rings. The Bertz CT molecular complexity index is 1910. The molecule has 0 spiro atoms. The van der Waals surface area contributed by atoms with Crippen LogP contribution >= 0.6 is 24.4 Å². The Morgan fingerprint density at radius 1 is 1.18 bits per heavy atom. The minimum absolute atomic E-state index is 0.0271. The molecule has 2 heterocycles. The monoisotopic (exact) mass is 821 g/mol. The highest BCUT2D eigenvalue weighted by atomic mass is 32.4. The van der Waals surface area contributed by atoms with Crippen LogP contribution in [0.5, 0.6) is 5.75 Å². The first kappa shape index (κ1) is 44.5. The van der Waals surface area contributed by atoms with Crippen LogP contribution in [0.1, 0.15) is 35.5 Å². The van der Waals surface area contributed by atoms with Gasteiger partial charge in [0.2, 0.25) is 11.8 Å². The zero-order chi connectivity index (χ0) is 39.8.